The van der Waals surface area contributed by atoms with Crippen molar-refractivity contribution in [3.8, 4) is 0 Å². The van der Waals surface area contributed by atoms with E-state index in [4.69, 9.17) is 0 Å². The Balaban J connectivity index is 2.54. The normalized spacial score (nSPS) is 12.5. The van der Waals surface area contributed by atoms with E-state index >= 15 is 0 Å². The summed E-state index contributed by atoms with van der Waals surface area (Å²) < 4.78 is 1.64. The van der Waals surface area contributed by atoms with Gasteiger partial charge in [0.25, 0.3) is 0 Å². The predicted octanol–water partition coefficient (Wildman–Crippen LogP) is -0.0335. The fraction of sp³-hybridized carbons (Fsp3) is 0.500. The highest BCUT2D eigenvalue weighted by molar-refractivity contribution is 5.94. The van der Waals surface area contributed by atoms with Crippen LogP contribution in [0, 0.1) is 0 Å². The summed E-state index contributed by atoms with van der Waals surface area (Å²) in [6.07, 6.45) is 3.36. The van der Waals surface area contributed by atoms with Crippen LogP contribution in [0.3, 0.4) is 0 Å². The molecule has 0 aliphatic heterocycles. The fourth-order valence-corrected chi connectivity index (χ4v) is 0.867. The maximum Gasteiger partial charge on any atom is 0.241 e. The average molecular weight is 182 g/mol. The lowest BCUT2D eigenvalue weighted by Crippen LogP contribution is -2.35. The van der Waals surface area contributed by atoms with Crippen molar-refractivity contribution < 1.29 is 4.79 Å². The zero-order chi connectivity index (χ0) is 9.84. The Morgan fingerprint density at radius 2 is 2.38 bits per heavy atom. The SMILES string of the molecule is CN[C@@H](C)C(=O)Nc1cnn(C)c1. The van der Waals surface area contributed by atoms with Gasteiger partial charge in [0, 0.05) is 13.2 Å². The Morgan fingerprint density at radius 3 is 2.85 bits per heavy atom. The van der Waals surface area contributed by atoms with Crippen molar-refractivity contribution in [2.24, 2.45) is 7.05 Å². The lowest BCUT2D eigenvalue weighted by atomic mass is 10.3. The van der Waals surface area contributed by atoms with Crippen molar-refractivity contribution in [3.05, 3.63) is 12.4 Å². The van der Waals surface area contributed by atoms with E-state index in [0.29, 0.717) is 0 Å². The third kappa shape index (κ3) is 2.55. The van der Waals surface area contributed by atoms with Crippen LogP contribution in [0.15, 0.2) is 12.4 Å². The molecule has 1 atom stereocenters. The number of aromatic nitrogens is 2. The van der Waals surface area contributed by atoms with Crippen molar-refractivity contribution in [2.45, 2.75) is 13.0 Å². The molecule has 0 aromatic carbocycles. The number of nitrogens with one attached hydrogen (secondary N) is 2. The molecule has 0 bridgehead atoms. The highest BCUT2D eigenvalue weighted by atomic mass is 16.2. The Labute approximate surface area is 77.1 Å². The van der Waals surface area contributed by atoms with Crippen LogP contribution in [0.25, 0.3) is 0 Å². The minimum Gasteiger partial charge on any atom is -0.322 e. The maximum atomic E-state index is 11.3. The first-order valence-electron chi connectivity index (χ1n) is 4.10. The molecule has 1 heterocycles. The van der Waals surface area contributed by atoms with Gasteiger partial charge in [-0.15, -0.1) is 0 Å². The van der Waals surface area contributed by atoms with Crippen molar-refractivity contribution in [2.75, 3.05) is 12.4 Å². The van der Waals surface area contributed by atoms with E-state index in [2.05, 4.69) is 15.7 Å². The number of hydrogen-bond acceptors (Lipinski definition) is 3. The van der Waals surface area contributed by atoms with Gasteiger partial charge in [-0.2, -0.15) is 5.10 Å². The lowest BCUT2D eigenvalue weighted by Gasteiger charge is -2.08. The topological polar surface area (TPSA) is 59.0 Å². The highest BCUT2D eigenvalue weighted by Crippen LogP contribution is 2.03. The molecule has 0 unspecified atom stereocenters. The van der Waals surface area contributed by atoms with Gasteiger partial charge in [0.05, 0.1) is 17.9 Å². The second kappa shape index (κ2) is 4.04. The summed E-state index contributed by atoms with van der Waals surface area (Å²) in [7, 11) is 3.55. The van der Waals surface area contributed by atoms with Gasteiger partial charge in [0.2, 0.25) is 5.91 Å². The molecule has 5 heteroatoms. The van der Waals surface area contributed by atoms with Gasteiger partial charge in [0.15, 0.2) is 0 Å². The third-order valence-corrected chi connectivity index (χ3v) is 1.80. The molecule has 2 N–H and O–H groups in total. The second-order valence-corrected chi connectivity index (χ2v) is 2.90. The first kappa shape index (κ1) is 9.73. The Hall–Kier alpha value is -1.36. The molecule has 0 fully saturated rings. The van der Waals surface area contributed by atoms with Crippen LogP contribution >= 0.6 is 0 Å². The molecule has 0 saturated carbocycles. The predicted molar refractivity (Wildman–Crippen MR) is 50.4 cm³/mol. The molecule has 0 aliphatic carbocycles. The molecule has 72 valence electrons. The lowest BCUT2D eigenvalue weighted by molar-refractivity contribution is -0.117. The largest absolute Gasteiger partial charge is 0.322 e. The van der Waals surface area contributed by atoms with Crippen molar-refractivity contribution >= 4 is 11.6 Å². The standard InChI is InChI=1S/C8H14N4O/c1-6(9-2)8(13)11-7-4-10-12(3)5-7/h4-6,9H,1-3H3,(H,11,13)/t6-/m0/s1. The van der Waals surface area contributed by atoms with Crippen LogP contribution in [0.5, 0.6) is 0 Å². The second-order valence-electron chi connectivity index (χ2n) is 2.90. The Bertz CT molecular complexity index is 294. The number of anilines is 1. The van der Waals surface area contributed by atoms with Crippen LogP contribution in [0.4, 0.5) is 5.69 Å². The molecular weight excluding hydrogens is 168 g/mol. The van der Waals surface area contributed by atoms with E-state index in [1.807, 2.05) is 0 Å². The van der Waals surface area contributed by atoms with E-state index in [1.165, 1.54) is 0 Å². The molecule has 1 amide bonds. The van der Waals surface area contributed by atoms with Gasteiger partial charge in [-0.25, -0.2) is 0 Å². The molecule has 0 spiro atoms. The first-order valence-corrected chi connectivity index (χ1v) is 4.10. The van der Waals surface area contributed by atoms with Gasteiger partial charge in [-0.1, -0.05) is 0 Å². The molecule has 0 aliphatic rings. The van der Waals surface area contributed by atoms with E-state index in [1.54, 1.807) is 38.1 Å². The summed E-state index contributed by atoms with van der Waals surface area (Å²) in [5.74, 6) is -0.0597. The van der Waals surface area contributed by atoms with Gasteiger partial charge >= 0.3 is 0 Å². The number of carbonyl (C=O) groups excluding carboxylic acids is 1. The number of amides is 1. The van der Waals surface area contributed by atoms with Crippen LogP contribution < -0.4 is 10.6 Å². The first-order chi connectivity index (χ1) is 6.13. The number of rotatable bonds is 3. The monoisotopic (exact) mass is 182 g/mol. The zero-order valence-electron chi connectivity index (χ0n) is 8.03. The summed E-state index contributed by atoms with van der Waals surface area (Å²) in [6.45, 7) is 1.80. The molecule has 0 saturated heterocycles. The molecular formula is C8H14N4O. The third-order valence-electron chi connectivity index (χ3n) is 1.80. The van der Waals surface area contributed by atoms with E-state index in [0.717, 1.165) is 5.69 Å². The smallest absolute Gasteiger partial charge is 0.241 e. The maximum absolute atomic E-state index is 11.3. The molecule has 0 radical (unpaired) electrons. The van der Waals surface area contributed by atoms with Crippen LogP contribution in [-0.2, 0) is 11.8 Å². The van der Waals surface area contributed by atoms with Gasteiger partial charge in [0.1, 0.15) is 0 Å². The van der Waals surface area contributed by atoms with Crippen molar-refractivity contribution in [1.29, 1.82) is 0 Å². The quantitative estimate of drug-likeness (QED) is 0.690. The van der Waals surface area contributed by atoms with Crippen LogP contribution in [-0.4, -0.2) is 28.8 Å². The summed E-state index contributed by atoms with van der Waals surface area (Å²) in [5.41, 5.74) is 0.717. The number of nitrogens with zero attached hydrogens (tertiary/aromatic N) is 2. The van der Waals surface area contributed by atoms with E-state index in [-0.39, 0.29) is 11.9 Å². The van der Waals surface area contributed by atoms with Gasteiger partial charge in [-0.05, 0) is 14.0 Å². The van der Waals surface area contributed by atoms with Gasteiger partial charge < -0.3 is 10.6 Å². The van der Waals surface area contributed by atoms with Crippen molar-refractivity contribution in [1.82, 2.24) is 15.1 Å². The number of carbonyl (C=O) groups is 1. The molecule has 1 rings (SSSR count). The van der Waals surface area contributed by atoms with Crippen molar-refractivity contribution in [3.63, 3.8) is 0 Å². The van der Waals surface area contributed by atoms with E-state index < -0.39 is 0 Å². The Morgan fingerprint density at radius 1 is 1.69 bits per heavy atom. The molecule has 13 heavy (non-hydrogen) atoms. The fourth-order valence-electron chi connectivity index (χ4n) is 0.867. The summed E-state index contributed by atoms with van der Waals surface area (Å²) >= 11 is 0. The highest BCUT2D eigenvalue weighted by Gasteiger charge is 2.10. The zero-order valence-corrected chi connectivity index (χ0v) is 8.03. The van der Waals surface area contributed by atoms with Crippen LogP contribution in [0.2, 0.25) is 0 Å². The number of likely N-dealkylation sites (N-methyl/N-ethyl adjacent to an activating group) is 1. The Kier molecular flexibility index (Phi) is 3.02. The summed E-state index contributed by atoms with van der Waals surface area (Å²) in [4.78, 5) is 11.3. The molecule has 1 aromatic heterocycles. The average Bonchev–Trinajstić information content (AvgIpc) is 2.49. The number of aryl methyl sites for hydroxylation is 1. The summed E-state index contributed by atoms with van der Waals surface area (Å²) in [6, 6.07) is -0.194. The summed E-state index contributed by atoms with van der Waals surface area (Å²) in [5, 5.41) is 9.52. The molecule has 1 aromatic rings. The minimum absolute atomic E-state index is 0.0597. The van der Waals surface area contributed by atoms with E-state index in [9.17, 15) is 4.79 Å². The molecule has 5 nitrogen and oxygen atoms in total. The van der Waals surface area contributed by atoms with Gasteiger partial charge in [-0.3, -0.25) is 9.48 Å². The van der Waals surface area contributed by atoms with Crippen LogP contribution in [0.1, 0.15) is 6.92 Å². The number of hydrogen-bond donors (Lipinski definition) is 2. The minimum atomic E-state index is -0.194.